The molecule has 12 atom stereocenters. The van der Waals surface area contributed by atoms with Crippen LogP contribution in [0.3, 0.4) is 0 Å². The van der Waals surface area contributed by atoms with Gasteiger partial charge in [0.2, 0.25) is 0 Å². The number of rotatable bonds is 2. The van der Waals surface area contributed by atoms with Gasteiger partial charge in [0.15, 0.2) is 5.72 Å². The number of ether oxygens (including phenoxy) is 4. The third-order valence-corrected chi connectivity index (χ3v) is 17.9. The van der Waals surface area contributed by atoms with Crippen LogP contribution in [0.1, 0.15) is 62.5 Å². The van der Waals surface area contributed by atoms with E-state index in [-0.39, 0.29) is 41.6 Å². The lowest BCUT2D eigenvalue weighted by atomic mass is 9.43. The quantitative estimate of drug-likeness (QED) is 0.394. The van der Waals surface area contributed by atoms with Crippen molar-refractivity contribution >= 4 is 17.3 Å². The first-order valence-corrected chi connectivity index (χ1v) is 20.5. The minimum Gasteiger partial charge on any atom is -0.495 e. The zero-order chi connectivity index (χ0) is 36.2. The second kappa shape index (κ2) is 9.84. The van der Waals surface area contributed by atoms with Crippen molar-refractivity contribution in [3.8, 4) is 5.75 Å². The molecule has 0 bridgehead atoms. The largest absolute Gasteiger partial charge is 0.495 e. The van der Waals surface area contributed by atoms with Crippen LogP contribution in [0.2, 0.25) is 0 Å². The van der Waals surface area contributed by atoms with Crippen LogP contribution in [0, 0.1) is 22.2 Å². The van der Waals surface area contributed by atoms with E-state index in [9.17, 15) is 15.0 Å². The van der Waals surface area contributed by atoms with Gasteiger partial charge in [0.05, 0.1) is 53.9 Å². The molecule has 284 valence electrons. The van der Waals surface area contributed by atoms with E-state index < -0.39 is 33.6 Å². The maximum atomic E-state index is 14.0. The standard InChI is InChI=1S/C43H50N4O7/c1-51-29-9-5-7-27-31(29)47-23-40(21-24-20-38-13-18-53-30(38)10-15-45-16-12-42(27,35(38)45)43(24,47)50)36-39(14-19-54-36)22-25(33(48)52-2)32-41(11-17-46(34(39)41)37(40)49)26-6-3-4-8-28(26)44-32/h3-9,24,30,34-37,44,49-50H,10-23H2,1-2H3/t24-,30+,34-,35+,36+,37+,38+,39+,40-,41+,42-,43-/m0/s1. The van der Waals surface area contributed by atoms with Gasteiger partial charge in [-0.2, -0.15) is 0 Å². The summed E-state index contributed by atoms with van der Waals surface area (Å²) < 4.78 is 25.6. The fraction of sp³-hybridized carbons (Fsp3) is 0.651. The second-order valence-electron chi connectivity index (χ2n) is 19.0. The van der Waals surface area contributed by atoms with Crippen LogP contribution < -0.4 is 15.0 Å². The molecule has 0 radical (unpaired) electrons. The molecule has 0 amide bonds. The average molecular weight is 735 g/mol. The lowest BCUT2D eigenvalue weighted by Gasteiger charge is -2.71. The van der Waals surface area contributed by atoms with E-state index in [4.69, 9.17) is 18.9 Å². The van der Waals surface area contributed by atoms with E-state index in [2.05, 4.69) is 56.4 Å². The molecule has 2 aromatic rings. The molecule has 13 rings (SSSR count). The van der Waals surface area contributed by atoms with Crippen molar-refractivity contribution in [1.29, 1.82) is 0 Å². The molecular formula is C43H50N4O7. The third kappa shape index (κ3) is 3.03. The van der Waals surface area contributed by atoms with Gasteiger partial charge in [-0.05, 0) is 81.2 Å². The average Bonchev–Trinajstić information content (AvgIpc) is 4.04. The van der Waals surface area contributed by atoms with Gasteiger partial charge in [-0.15, -0.1) is 0 Å². The fourth-order valence-corrected chi connectivity index (χ4v) is 16.7. The van der Waals surface area contributed by atoms with Gasteiger partial charge >= 0.3 is 5.97 Å². The van der Waals surface area contributed by atoms with Crippen molar-refractivity contribution in [2.24, 2.45) is 22.2 Å². The minimum atomic E-state index is -1.16. The molecule has 11 aliphatic rings. The van der Waals surface area contributed by atoms with Gasteiger partial charge in [-0.25, -0.2) is 4.79 Å². The Morgan fingerprint density at radius 3 is 2.59 bits per heavy atom. The first-order valence-electron chi connectivity index (χ1n) is 20.5. The summed E-state index contributed by atoms with van der Waals surface area (Å²) in [5.41, 5.74) is 2.62. The number of methoxy groups -OCH3 is 2. The monoisotopic (exact) mass is 734 g/mol. The number of piperidine rings is 3. The van der Waals surface area contributed by atoms with Crippen LogP contribution in [0.4, 0.5) is 11.4 Å². The van der Waals surface area contributed by atoms with Crippen molar-refractivity contribution in [3.05, 3.63) is 64.9 Å². The first kappa shape index (κ1) is 32.0. The number of benzene rings is 2. The maximum absolute atomic E-state index is 14.0. The van der Waals surface area contributed by atoms with Crippen molar-refractivity contribution in [2.45, 2.75) is 98.4 Å². The number of para-hydroxylation sites is 2. The molecule has 11 nitrogen and oxygen atoms in total. The molecule has 54 heavy (non-hydrogen) atoms. The van der Waals surface area contributed by atoms with Gasteiger partial charge in [-0.3, -0.25) is 9.80 Å². The SMILES string of the molecule is COC(=O)C1=C2Nc3ccccc3[C@]23CCN2[C@H](O)[C@]4(C[C@@H]5C[C@]67CCO[C@@H]6CCN6CC[C@]8(c9cccc(OC)c9N(C4)[C@]58O)[C@H]67)[C@@H]4OCC[C@@]4(C1)[C@H]23. The number of aliphatic hydroxyl groups excluding tert-OH is 1. The Morgan fingerprint density at radius 2 is 1.72 bits per heavy atom. The van der Waals surface area contributed by atoms with Gasteiger partial charge in [-0.1, -0.05) is 30.3 Å². The van der Waals surface area contributed by atoms with Gasteiger partial charge in [0.25, 0.3) is 0 Å². The Morgan fingerprint density at radius 1 is 0.907 bits per heavy atom. The predicted octanol–water partition coefficient (Wildman–Crippen LogP) is 3.48. The number of esters is 1. The summed E-state index contributed by atoms with van der Waals surface area (Å²) in [6.07, 6.45) is 5.48. The third-order valence-electron chi connectivity index (χ3n) is 17.9. The van der Waals surface area contributed by atoms with E-state index in [1.54, 1.807) is 7.11 Å². The molecule has 3 N–H and O–H groups in total. The lowest BCUT2D eigenvalue weighted by Crippen LogP contribution is -2.82. The van der Waals surface area contributed by atoms with Gasteiger partial charge < -0.3 is 39.4 Å². The Hall–Kier alpha value is -3.19. The summed E-state index contributed by atoms with van der Waals surface area (Å²) in [5, 5.41) is 31.2. The highest BCUT2D eigenvalue weighted by Gasteiger charge is 2.84. The Bertz CT molecular complexity index is 2090. The van der Waals surface area contributed by atoms with Crippen LogP contribution >= 0.6 is 0 Å². The van der Waals surface area contributed by atoms with Crippen molar-refractivity contribution in [2.75, 3.05) is 63.8 Å². The fourth-order valence-electron chi connectivity index (χ4n) is 16.7. The van der Waals surface area contributed by atoms with E-state index in [0.717, 1.165) is 81.0 Å². The topological polar surface area (TPSA) is 116 Å². The molecule has 0 unspecified atom stereocenters. The Balaban J connectivity index is 1.04. The number of nitrogens with one attached hydrogen (secondary N) is 1. The molecule has 9 heterocycles. The molecule has 5 spiro atoms. The molecule has 2 aliphatic carbocycles. The van der Waals surface area contributed by atoms with Crippen molar-refractivity contribution in [3.63, 3.8) is 0 Å². The molecular weight excluding hydrogens is 684 g/mol. The first-order chi connectivity index (χ1) is 26.2. The highest BCUT2D eigenvalue weighted by Crippen LogP contribution is 2.78. The number of fused-ring (bicyclic) bond motifs is 4. The summed E-state index contributed by atoms with van der Waals surface area (Å²) in [4.78, 5) is 21.4. The highest BCUT2D eigenvalue weighted by atomic mass is 16.5. The summed E-state index contributed by atoms with van der Waals surface area (Å²) in [6, 6.07) is 15.0. The molecule has 9 aliphatic heterocycles. The molecule has 0 aromatic heterocycles. The number of anilines is 2. The number of hydrogen-bond acceptors (Lipinski definition) is 11. The molecule has 1 saturated carbocycles. The van der Waals surface area contributed by atoms with Crippen LogP contribution in [-0.4, -0.2) is 116 Å². The van der Waals surface area contributed by atoms with E-state index in [1.807, 2.05) is 6.07 Å². The minimum absolute atomic E-state index is 0.0612. The highest BCUT2D eigenvalue weighted by molar-refractivity contribution is 5.93. The number of nitrogens with zero attached hydrogens (tertiary/aromatic N) is 3. The summed E-state index contributed by atoms with van der Waals surface area (Å²) in [5.74, 6) is 0.350. The number of aliphatic hydroxyl groups is 2. The van der Waals surface area contributed by atoms with Crippen LogP contribution in [0.25, 0.3) is 0 Å². The summed E-state index contributed by atoms with van der Waals surface area (Å²) >= 11 is 0. The smallest absolute Gasteiger partial charge is 0.335 e. The summed E-state index contributed by atoms with van der Waals surface area (Å²) in [7, 11) is 3.23. The van der Waals surface area contributed by atoms with E-state index in [0.29, 0.717) is 38.1 Å². The Labute approximate surface area is 315 Å². The van der Waals surface area contributed by atoms with Gasteiger partial charge in [0, 0.05) is 73.1 Å². The van der Waals surface area contributed by atoms with Crippen LogP contribution in [0.5, 0.6) is 5.75 Å². The Kier molecular flexibility index (Phi) is 5.82. The summed E-state index contributed by atoms with van der Waals surface area (Å²) in [6.45, 7) is 4.41. The van der Waals surface area contributed by atoms with Gasteiger partial charge in [0.1, 0.15) is 12.0 Å². The van der Waals surface area contributed by atoms with Crippen LogP contribution in [0.15, 0.2) is 53.7 Å². The second-order valence-corrected chi connectivity index (χ2v) is 19.0. The number of carbonyl (C=O) groups is 1. The normalized spacial score (nSPS) is 48.3. The predicted molar refractivity (Wildman–Crippen MR) is 197 cm³/mol. The van der Waals surface area contributed by atoms with E-state index >= 15 is 0 Å². The lowest BCUT2D eigenvalue weighted by molar-refractivity contribution is -0.276. The van der Waals surface area contributed by atoms with Crippen LogP contribution in [-0.2, 0) is 29.8 Å². The zero-order valence-electron chi connectivity index (χ0n) is 31.2. The number of carbonyl (C=O) groups excluding carboxylic acids is 1. The maximum Gasteiger partial charge on any atom is 0.335 e. The molecule has 11 heteroatoms. The molecule has 8 fully saturated rings. The van der Waals surface area contributed by atoms with Crippen molar-refractivity contribution in [1.82, 2.24) is 9.80 Å². The zero-order valence-corrected chi connectivity index (χ0v) is 31.2. The molecule has 2 aromatic carbocycles. The molecule has 7 saturated heterocycles. The van der Waals surface area contributed by atoms with E-state index in [1.165, 1.54) is 18.2 Å². The number of hydrogen-bond donors (Lipinski definition) is 3. The van der Waals surface area contributed by atoms with Crippen molar-refractivity contribution < 1.29 is 34.0 Å².